The van der Waals surface area contributed by atoms with Crippen molar-refractivity contribution in [2.24, 2.45) is 7.05 Å². The van der Waals surface area contributed by atoms with Gasteiger partial charge in [-0.3, -0.25) is 4.68 Å². The van der Waals surface area contributed by atoms with Gasteiger partial charge in [0.15, 0.2) is 5.75 Å². The molecule has 1 aromatic heterocycles. The first-order valence-corrected chi connectivity index (χ1v) is 7.52. The number of ether oxygens (including phenoxy) is 1. The zero-order chi connectivity index (χ0) is 14.5. The van der Waals surface area contributed by atoms with Crippen molar-refractivity contribution < 1.29 is 4.74 Å². The largest absolute Gasteiger partial charge is 0.493 e. The molecule has 108 valence electrons. The van der Waals surface area contributed by atoms with Crippen LogP contribution in [0.15, 0.2) is 34.9 Å². The van der Waals surface area contributed by atoms with Gasteiger partial charge in [-0.25, -0.2) is 0 Å². The molecule has 0 aliphatic heterocycles. The van der Waals surface area contributed by atoms with Crippen molar-refractivity contribution >= 4 is 15.9 Å². The van der Waals surface area contributed by atoms with Crippen LogP contribution in [0, 0.1) is 0 Å². The Bertz CT molecular complexity index is 568. The number of aryl methyl sites for hydroxylation is 1. The molecular formula is C15H20BrN3O. The highest BCUT2D eigenvalue weighted by molar-refractivity contribution is 9.10. The summed E-state index contributed by atoms with van der Waals surface area (Å²) in [4.78, 5) is 0. The highest BCUT2D eigenvalue weighted by Crippen LogP contribution is 2.33. The summed E-state index contributed by atoms with van der Waals surface area (Å²) >= 11 is 3.63. The summed E-state index contributed by atoms with van der Waals surface area (Å²) in [6.07, 6.45) is 2.83. The Morgan fingerprint density at radius 3 is 2.80 bits per heavy atom. The molecular weight excluding hydrogens is 318 g/mol. The SMILES string of the molecule is CCCNC(c1ccccc1Br)c1c(OC)cnn1C. The number of halogens is 1. The molecule has 1 N–H and O–H groups in total. The molecule has 1 unspecified atom stereocenters. The van der Waals surface area contributed by atoms with E-state index in [1.807, 2.05) is 23.9 Å². The third-order valence-corrected chi connectivity index (χ3v) is 3.98. The molecule has 1 aromatic carbocycles. The molecule has 0 aliphatic carbocycles. The average molecular weight is 338 g/mol. The minimum atomic E-state index is 0.0491. The van der Waals surface area contributed by atoms with Crippen LogP contribution in [0.25, 0.3) is 0 Å². The minimum absolute atomic E-state index is 0.0491. The van der Waals surface area contributed by atoms with Crippen molar-refractivity contribution in [2.75, 3.05) is 13.7 Å². The number of hydrogen-bond donors (Lipinski definition) is 1. The molecule has 1 heterocycles. The van der Waals surface area contributed by atoms with Crippen LogP contribution in [0.5, 0.6) is 5.75 Å². The Morgan fingerprint density at radius 2 is 2.15 bits per heavy atom. The van der Waals surface area contributed by atoms with Crippen molar-refractivity contribution in [1.29, 1.82) is 0 Å². The topological polar surface area (TPSA) is 39.1 Å². The first-order chi connectivity index (χ1) is 9.69. The van der Waals surface area contributed by atoms with Crippen molar-refractivity contribution in [1.82, 2.24) is 15.1 Å². The van der Waals surface area contributed by atoms with Crippen LogP contribution in [-0.4, -0.2) is 23.4 Å². The van der Waals surface area contributed by atoms with Crippen molar-refractivity contribution in [3.63, 3.8) is 0 Å². The van der Waals surface area contributed by atoms with Gasteiger partial charge in [0.25, 0.3) is 0 Å². The fourth-order valence-electron chi connectivity index (χ4n) is 2.27. The monoisotopic (exact) mass is 337 g/mol. The lowest BCUT2D eigenvalue weighted by Crippen LogP contribution is -2.26. The molecule has 0 bridgehead atoms. The molecule has 1 atom stereocenters. The minimum Gasteiger partial charge on any atom is -0.493 e. The van der Waals surface area contributed by atoms with Crippen LogP contribution in [-0.2, 0) is 7.05 Å². The number of nitrogens with one attached hydrogen (secondary N) is 1. The summed E-state index contributed by atoms with van der Waals surface area (Å²) < 4.78 is 8.40. The molecule has 0 spiro atoms. The van der Waals surface area contributed by atoms with Crippen molar-refractivity contribution in [3.8, 4) is 5.75 Å². The first kappa shape index (κ1) is 15.1. The molecule has 5 heteroatoms. The molecule has 0 amide bonds. The van der Waals surface area contributed by atoms with E-state index in [2.05, 4.69) is 45.4 Å². The lowest BCUT2D eigenvalue weighted by molar-refractivity contribution is 0.400. The number of methoxy groups -OCH3 is 1. The van der Waals surface area contributed by atoms with Crippen molar-refractivity contribution in [2.45, 2.75) is 19.4 Å². The molecule has 2 aromatic rings. The fourth-order valence-corrected chi connectivity index (χ4v) is 2.78. The Kier molecular flexibility index (Phi) is 5.20. The highest BCUT2D eigenvalue weighted by atomic mass is 79.9. The van der Waals surface area contributed by atoms with E-state index in [9.17, 15) is 0 Å². The van der Waals surface area contributed by atoms with Gasteiger partial charge in [0.05, 0.1) is 19.3 Å². The normalized spacial score (nSPS) is 12.4. The molecule has 0 saturated heterocycles. The lowest BCUT2D eigenvalue weighted by atomic mass is 10.0. The van der Waals surface area contributed by atoms with Crippen molar-refractivity contribution in [3.05, 3.63) is 46.2 Å². The predicted octanol–water partition coefficient (Wildman–Crippen LogP) is 3.28. The maximum absolute atomic E-state index is 5.45. The number of benzene rings is 1. The third-order valence-electron chi connectivity index (χ3n) is 3.26. The summed E-state index contributed by atoms with van der Waals surface area (Å²) in [5, 5.41) is 7.88. The van der Waals surface area contributed by atoms with Crippen LogP contribution in [0.2, 0.25) is 0 Å². The quantitative estimate of drug-likeness (QED) is 0.879. The van der Waals surface area contributed by atoms with E-state index < -0.39 is 0 Å². The van der Waals surface area contributed by atoms with Gasteiger partial charge >= 0.3 is 0 Å². The van der Waals surface area contributed by atoms with E-state index in [0.29, 0.717) is 0 Å². The Morgan fingerprint density at radius 1 is 1.40 bits per heavy atom. The summed E-state index contributed by atoms with van der Waals surface area (Å²) in [5.41, 5.74) is 2.22. The lowest BCUT2D eigenvalue weighted by Gasteiger charge is -2.21. The second-order valence-electron chi connectivity index (χ2n) is 4.63. The van der Waals surface area contributed by atoms with E-state index in [-0.39, 0.29) is 6.04 Å². The van der Waals surface area contributed by atoms with Crippen LogP contribution < -0.4 is 10.1 Å². The summed E-state index contributed by atoms with van der Waals surface area (Å²) in [6, 6.07) is 8.28. The van der Waals surface area contributed by atoms with Gasteiger partial charge in [-0.2, -0.15) is 5.10 Å². The van der Waals surface area contributed by atoms with E-state index in [1.165, 1.54) is 5.56 Å². The fraction of sp³-hybridized carbons (Fsp3) is 0.400. The summed E-state index contributed by atoms with van der Waals surface area (Å²) in [7, 11) is 3.62. The second kappa shape index (κ2) is 6.90. The number of aromatic nitrogens is 2. The van der Waals surface area contributed by atoms with Gasteiger partial charge in [-0.15, -0.1) is 0 Å². The molecule has 0 radical (unpaired) electrons. The third kappa shape index (κ3) is 3.04. The standard InChI is InChI=1S/C15H20BrN3O/c1-4-9-17-14(11-7-5-6-8-12(11)16)15-13(20-3)10-18-19(15)2/h5-8,10,14,17H,4,9H2,1-3H3. The van der Waals surface area contributed by atoms with Crippen LogP contribution in [0.1, 0.15) is 30.6 Å². The molecule has 20 heavy (non-hydrogen) atoms. The molecule has 4 nitrogen and oxygen atoms in total. The maximum Gasteiger partial charge on any atom is 0.161 e. The zero-order valence-electron chi connectivity index (χ0n) is 12.1. The zero-order valence-corrected chi connectivity index (χ0v) is 13.6. The van der Waals surface area contributed by atoms with E-state index in [0.717, 1.165) is 28.9 Å². The van der Waals surface area contributed by atoms with Gasteiger partial charge in [-0.1, -0.05) is 41.1 Å². The smallest absolute Gasteiger partial charge is 0.161 e. The van der Waals surface area contributed by atoms with E-state index in [4.69, 9.17) is 4.74 Å². The van der Waals surface area contributed by atoms with Gasteiger partial charge in [0.2, 0.25) is 0 Å². The summed E-state index contributed by atoms with van der Waals surface area (Å²) in [5.74, 6) is 0.803. The Labute approximate surface area is 128 Å². The Hall–Kier alpha value is -1.33. The Balaban J connectivity index is 2.47. The van der Waals surface area contributed by atoms with E-state index >= 15 is 0 Å². The molecule has 2 rings (SSSR count). The van der Waals surface area contributed by atoms with Gasteiger partial charge in [0, 0.05) is 11.5 Å². The van der Waals surface area contributed by atoms with E-state index in [1.54, 1.807) is 13.3 Å². The summed E-state index contributed by atoms with van der Waals surface area (Å²) in [6.45, 7) is 3.09. The van der Waals surface area contributed by atoms with Crippen LogP contribution in [0.4, 0.5) is 0 Å². The van der Waals surface area contributed by atoms with Gasteiger partial charge in [-0.05, 0) is 24.6 Å². The molecule has 0 aliphatic rings. The predicted molar refractivity (Wildman–Crippen MR) is 84.0 cm³/mol. The maximum atomic E-state index is 5.45. The molecule has 0 fully saturated rings. The average Bonchev–Trinajstić information content (AvgIpc) is 2.82. The highest BCUT2D eigenvalue weighted by Gasteiger charge is 2.23. The van der Waals surface area contributed by atoms with Crippen LogP contribution >= 0.6 is 15.9 Å². The second-order valence-corrected chi connectivity index (χ2v) is 5.48. The van der Waals surface area contributed by atoms with Crippen LogP contribution in [0.3, 0.4) is 0 Å². The van der Waals surface area contributed by atoms with Gasteiger partial charge < -0.3 is 10.1 Å². The number of rotatable bonds is 6. The first-order valence-electron chi connectivity index (χ1n) is 6.72. The van der Waals surface area contributed by atoms with Gasteiger partial charge in [0.1, 0.15) is 5.69 Å². The molecule has 0 saturated carbocycles. The number of nitrogens with zero attached hydrogens (tertiary/aromatic N) is 2. The number of hydrogen-bond acceptors (Lipinski definition) is 3.